The summed E-state index contributed by atoms with van der Waals surface area (Å²) in [6, 6.07) is 11.5. The first-order chi connectivity index (χ1) is 12.2. The SMILES string of the molecule is Cc1ccc(S(=O)(=O)N(C)CC(=O)OCC(=O)c2ccccc2F)cc1. The molecule has 2 aromatic rings. The number of esters is 1. The van der Waals surface area contributed by atoms with Gasteiger partial charge in [-0.3, -0.25) is 9.59 Å². The molecule has 6 nitrogen and oxygen atoms in total. The van der Waals surface area contributed by atoms with Crippen molar-refractivity contribution >= 4 is 21.8 Å². The van der Waals surface area contributed by atoms with Crippen molar-refractivity contribution in [1.29, 1.82) is 0 Å². The molecule has 138 valence electrons. The third-order valence-corrected chi connectivity index (χ3v) is 5.44. The first-order valence-corrected chi connectivity index (χ1v) is 9.12. The minimum Gasteiger partial charge on any atom is -0.456 e. The molecule has 0 aromatic heterocycles. The lowest BCUT2D eigenvalue weighted by molar-refractivity contribution is -0.142. The number of Topliss-reactive ketones (excluding diaryl/α,β-unsaturated/α-hetero) is 1. The quantitative estimate of drug-likeness (QED) is 0.544. The van der Waals surface area contributed by atoms with E-state index in [4.69, 9.17) is 4.74 Å². The van der Waals surface area contributed by atoms with Gasteiger partial charge in [0.25, 0.3) is 0 Å². The zero-order valence-corrected chi connectivity index (χ0v) is 15.1. The van der Waals surface area contributed by atoms with Crippen molar-refractivity contribution in [1.82, 2.24) is 4.31 Å². The highest BCUT2D eigenvalue weighted by atomic mass is 32.2. The minimum absolute atomic E-state index is 0.0424. The van der Waals surface area contributed by atoms with Crippen LogP contribution in [0.1, 0.15) is 15.9 Å². The van der Waals surface area contributed by atoms with Gasteiger partial charge in [0, 0.05) is 7.05 Å². The van der Waals surface area contributed by atoms with Gasteiger partial charge in [0.2, 0.25) is 15.8 Å². The second-order valence-electron chi connectivity index (χ2n) is 5.64. The lowest BCUT2D eigenvalue weighted by Gasteiger charge is -2.16. The van der Waals surface area contributed by atoms with E-state index in [1.807, 2.05) is 6.92 Å². The molecule has 26 heavy (non-hydrogen) atoms. The van der Waals surface area contributed by atoms with Gasteiger partial charge >= 0.3 is 5.97 Å². The lowest BCUT2D eigenvalue weighted by Crippen LogP contribution is -2.33. The molecule has 8 heteroatoms. The van der Waals surface area contributed by atoms with Gasteiger partial charge in [-0.25, -0.2) is 12.8 Å². The fourth-order valence-electron chi connectivity index (χ4n) is 2.11. The van der Waals surface area contributed by atoms with Crippen LogP contribution in [0.25, 0.3) is 0 Å². The average molecular weight is 379 g/mol. The smallest absolute Gasteiger partial charge is 0.321 e. The van der Waals surface area contributed by atoms with Crippen LogP contribution in [-0.2, 0) is 19.6 Å². The molecule has 0 radical (unpaired) electrons. The molecule has 0 spiro atoms. The molecule has 0 unspecified atom stereocenters. The fraction of sp³-hybridized carbons (Fsp3) is 0.222. The Balaban J connectivity index is 1.95. The van der Waals surface area contributed by atoms with Gasteiger partial charge in [0.05, 0.1) is 10.5 Å². The highest BCUT2D eigenvalue weighted by Gasteiger charge is 2.24. The maximum absolute atomic E-state index is 13.5. The van der Waals surface area contributed by atoms with Gasteiger partial charge in [0.15, 0.2) is 6.61 Å². The molecule has 0 aliphatic carbocycles. The number of likely N-dealkylation sites (N-methyl/N-ethyl adjacent to an activating group) is 1. The highest BCUT2D eigenvalue weighted by Crippen LogP contribution is 2.15. The van der Waals surface area contributed by atoms with E-state index in [9.17, 15) is 22.4 Å². The Morgan fingerprint density at radius 2 is 1.69 bits per heavy atom. The van der Waals surface area contributed by atoms with Gasteiger partial charge in [-0.1, -0.05) is 29.8 Å². The van der Waals surface area contributed by atoms with Crippen LogP contribution in [-0.4, -0.2) is 44.7 Å². The normalized spacial score (nSPS) is 11.4. The number of ketones is 1. The van der Waals surface area contributed by atoms with Gasteiger partial charge in [-0.15, -0.1) is 0 Å². The Morgan fingerprint density at radius 1 is 1.08 bits per heavy atom. The summed E-state index contributed by atoms with van der Waals surface area (Å²) >= 11 is 0. The van der Waals surface area contributed by atoms with E-state index in [0.717, 1.165) is 15.9 Å². The molecule has 0 amide bonds. The summed E-state index contributed by atoms with van der Waals surface area (Å²) in [5.41, 5.74) is 0.707. The van der Waals surface area contributed by atoms with Crippen molar-refractivity contribution in [3.63, 3.8) is 0 Å². The Bertz CT molecular complexity index is 909. The zero-order valence-electron chi connectivity index (χ0n) is 14.3. The van der Waals surface area contributed by atoms with Crippen LogP contribution in [0.4, 0.5) is 4.39 Å². The standard InChI is InChI=1S/C18H18FNO5S/c1-13-7-9-14(10-8-13)26(23,24)20(2)11-18(22)25-12-17(21)15-5-3-4-6-16(15)19/h3-10H,11-12H2,1-2H3. The number of hydrogen-bond donors (Lipinski definition) is 0. The topological polar surface area (TPSA) is 80.8 Å². The summed E-state index contributed by atoms with van der Waals surface area (Å²) in [5, 5.41) is 0. The summed E-state index contributed by atoms with van der Waals surface area (Å²) in [6.45, 7) is 0.586. The molecule has 0 atom stereocenters. The molecule has 0 aliphatic heterocycles. The molecule has 2 rings (SSSR count). The number of sulfonamides is 1. The van der Waals surface area contributed by atoms with Crippen LogP contribution in [0.2, 0.25) is 0 Å². The Morgan fingerprint density at radius 3 is 2.31 bits per heavy atom. The zero-order chi connectivity index (χ0) is 19.3. The van der Waals surface area contributed by atoms with Crippen molar-refractivity contribution in [2.24, 2.45) is 0 Å². The van der Waals surface area contributed by atoms with Gasteiger partial charge in [-0.2, -0.15) is 4.31 Å². The largest absolute Gasteiger partial charge is 0.456 e. The van der Waals surface area contributed by atoms with Gasteiger partial charge < -0.3 is 4.74 Å². The molecule has 0 aliphatic rings. The first kappa shape index (κ1) is 19.7. The maximum atomic E-state index is 13.5. The van der Waals surface area contributed by atoms with Crippen LogP contribution in [0.15, 0.2) is 53.4 Å². The van der Waals surface area contributed by atoms with Gasteiger partial charge in [-0.05, 0) is 31.2 Å². The molecular weight excluding hydrogens is 361 g/mol. The second-order valence-corrected chi connectivity index (χ2v) is 7.68. The molecule has 0 saturated carbocycles. The summed E-state index contributed by atoms with van der Waals surface area (Å²) < 4.78 is 43.9. The van der Waals surface area contributed by atoms with Crippen LogP contribution in [0.5, 0.6) is 0 Å². The Hall–Kier alpha value is -2.58. The molecule has 0 N–H and O–H groups in total. The van der Waals surface area contributed by atoms with Crippen LogP contribution >= 0.6 is 0 Å². The van der Waals surface area contributed by atoms with Gasteiger partial charge in [0.1, 0.15) is 12.4 Å². The number of hydrogen-bond acceptors (Lipinski definition) is 5. The number of carbonyl (C=O) groups is 2. The van der Waals surface area contributed by atoms with Crippen molar-refractivity contribution in [2.75, 3.05) is 20.2 Å². The number of ether oxygens (including phenoxy) is 1. The van der Waals surface area contributed by atoms with E-state index in [1.165, 1.54) is 37.4 Å². The molecule has 0 bridgehead atoms. The third-order valence-electron chi connectivity index (χ3n) is 3.62. The number of aryl methyl sites for hydroxylation is 1. The van der Waals surface area contributed by atoms with E-state index in [2.05, 4.69) is 0 Å². The van der Waals surface area contributed by atoms with Crippen LogP contribution in [0.3, 0.4) is 0 Å². The van der Waals surface area contributed by atoms with Crippen molar-refractivity contribution in [2.45, 2.75) is 11.8 Å². The predicted molar refractivity (Wildman–Crippen MR) is 92.7 cm³/mol. The fourth-order valence-corrected chi connectivity index (χ4v) is 3.23. The lowest BCUT2D eigenvalue weighted by atomic mass is 10.1. The van der Waals surface area contributed by atoms with E-state index in [1.54, 1.807) is 12.1 Å². The number of rotatable bonds is 7. The third kappa shape index (κ3) is 4.74. The maximum Gasteiger partial charge on any atom is 0.321 e. The summed E-state index contributed by atoms with van der Waals surface area (Å²) in [5.74, 6) is -2.33. The average Bonchev–Trinajstić information content (AvgIpc) is 2.60. The monoisotopic (exact) mass is 379 g/mol. The van der Waals surface area contributed by atoms with Crippen molar-refractivity contribution in [3.8, 4) is 0 Å². The van der Waals surface area contributed by atoms with Crippen molar-refractivity contribution < 1.29 is 27.1 Å². The molecule has 2 aromatic carbocycles. The minimum atomic E-state index is -3.86. The Labute approximate surface area is 151 Å². The summed E-state index contributed by atoms with van der Waals surface area (Å²) in [7, 11) is -2.63. The van der Waals surface area contributed by atoms with E-state index in [-0.39, 0.29) is 10.5 Å². The molecular formula is C18H18FNO5S. The first-order valence-electron chi connectivity index (χ1n) is 7.68. The number of benzene rings is 2. The number of halogens is 1. The number of carbonyl (C=O) groups excluding carboxylic acids is 2. The van der Waals surface area contributed by atoms with Crippen LogP contribution in [0, 0.1) is 12.7 Å². The number of nitrogens with zero attached hydrogens (tertiary/aromatic N) is 1. The molecule has 0 saturated heterocycles. The van der Waals surface area contributed by atoms with E-state index >= 15 is 0 Å². The second kappa shape index (κ2) is 8.20. The summed E-state index contributed by atoms with van der Waals surface area (Å²) in [4.78, 5) is 23.7. The van der Waals surface area contributed by atoms with Crippen LogP contribution < -0.4 is 0 Å². The molecule has 0 fully saturated rings. The Kier molecular flexibility index (Phi) is 6.23. The molecule has 0 heterocycles. The summed E-state index contributed by atoms with van der Waals surface area (Å²) in [6.07, 6.45) is 0. The van der Waals surface area contributed by atoms with E-state index < -0.39 is 40.7 Å². The predicted octanol–water partition coefficient (Wildman–Crippen LogP) is 2.18. The van der Waals surface area contributed by atoms with E-state index in [0.29, 0.717) is 0 Å². The highest BCUT2D eigenvalue weighted by molar-refractivity contribution is 7.89. The van der Waals surface area contributed by atoms with Crippen molar-refractivity contribution in [3.05, 3.63) is 65.5 Å².